The Balaban J connectivity index is 2.11. The van der Waals surface area contributed by atoms with Crippen molar-refractivity contribution in [3.8, 4) is 17.2 Å². The van der Waals surface area contributed by atoms with E-state index in [9.17, 15) is 19.8 Å². The zero-order valence-electron chi connectivity index (χ0n) is 12.2. The topological polar surface area (TPSA) is 93.1 Å². The maximum atomic E-state index is 12.7. The fourth-order valence-corrected chi connectivity index (χ4v) is 2.59. The molecule has 2 aromatic carbocycles. The van der Waals surface area contributed by atoms with Crippen molar-refractivity contribution in [1.29, 1.82) is 0 Å². The van der Waals surface area contributed by atoms with Crippen LogP contribution in [0, 0.1) is 0 Å². The maximum absolute atomic E-state index is 12.7. The van der Waals surface area contributed by atoms with Crippen molar-refractivity contribution in [3.05, 3.63) is 53.6 Å². The normalized spacial score (nSPS) is 19.6. The summed E-state index contributed by atoms with van der Waals surface area (Å²) in [7, 11) is 0. The van der Waals surface area contributed by atoms with Crippen LogP contribution in [0.25, 0.3) is 0 Å². The van der Waals surface area contributed by atoms with Gasteiger partial charge in [0.2, 0.25) is 11.9 Å². The number of carbonyl (C=O) groups excluding carboxylic acids is 2. The maximum Gasteiger partial charge on any atom is 0.303 e. The quantitative estimate of drug-likeness (QED) is 0.827. The molecule has 0 aliphatic carbocycles. The van der Waals surface area contributed by atoms with Gasteiger partial charge in [-0.1, -0.05) is 30.3 Å². The molecule has 1 heterocycles. The zero-order valence-corrected chi connectivity index (χ0v) is 12.2. The Morgan fingerprint density at radius 2 is 1.87 bits per heavy atom. The zero-order chi connectivity index (χ0) is 16.6. The number of Topliss-reactive ketones (excluding diaryl/α,β-unsaturated/α-hetero) is 1. The average Bonchev–Trinajstić information content (AvgIpc) is 2.49. The standard InChI is InChI=1S/C17H14O6/c1-9(18)22-17-15(21)14-12(20)7-11(19)8-13(14)23-16(17)10-5-3-2-4-6-10/h2-8,16-17,19-20H,1H3/t16-,17-/m1/s1. The third kappa shape index (κ3) is 2.70. The Morgan fingerprint density at radius 1 is 1.17 bits per heavy atom. The first-order valence-corrected chi connectivity index (χ1v) is 6.96. The van der Waals surface area contributed by atoms with Gasteiger partial charge in [-0.05, 0) is 5.56 Å². The van der Waals surface area contributed by atoms with E-state index in [-0.39, 0.29) is 17.1 Å². The van der Waals surface area contributed by atoms with Crippen molar-refractivity contribution in [3.63, 3.8) is 0 Å². The molecule has 6 nitrogen and oxygen atoms in total. The minimum atomic E-state index is -1.21. The summed E-state index contributed by atoms with van der Waals surface area (Å²) in [5.74, 6) is -1.81. The SMILES string of the molecule is CC(=O)O[C@@H]1C(=O)c2c(O)cc(O)cc2O[C@@H]1c1ccccc1. The van der Waals surface area contributed by atoms with Gasteiger partial charge < -0.3 is 19.7 Å². The molecule has 118 valence electrons. The number of esters is 1. The summed E-state index contributed by atoms with van der Waals surface area (Å²) < 4.78 is 10.9. The molecule has 2 N–H and O–H groups in total. The van der Waals surface area contributed by atoms with Crippen LogP contribution in [-0.2, 0) is 9.53 Å². The van der Waals surface area contributed by atoms with E-state index in [1.807, 2.05) is 0 Å². The first-order chi connectivity index (χ1) is 11.0. The van der Waals surface area contributed by atoms with Gasteiger partial charge in [-0.2, -0.15) is 0 Å². The van der Waals surface area contributed by atoms with E-state index < -0.39 is 29.7 Å². The smallest absolute Gasteiger partial charge is 0.303 e. The van der Waals surface area contributed by atoms with E-state index in [2.05, 4.69) is 0 Å². The number of fused-ring (bicyclic) bond motifs is 1. The van der Waals surface area contributed by atoms with E-state index in [4.69, 9.17) is 9.47 Å². The van der Waals surface area contributed by atoms with Crippen LogP contribution in [0.15, 0.2) is 42.5 Å². The van der Waals surface area contributed by atoms with E-state index in [1.165, 1.54) is 13.0 Å². The summed E-state index contributed by atoms with van der Waals surface area (Å²) >= 11 is 0. The van der Waals surface area contributed by atoms with Gasteiger partial charge in [0.25, 0.3) is 0 Å². The van der Waals surface area contributed by atoms with Crippen LogP contribution >= 0.6 is 0 Å². The minimum absolute atomic E-state index is 0.0461. The van der Waals surface area contributed by atoms with Crippen LogP contribution in [0.3, 0.4) is 0 Å². The summed E-state index contributed by atoms with van der Waals surface area (Å²) in [6, 6.07) is 11.1. The largest absolute Gasteiger partial charge is 0.508 e. The second-order valence-electron chi connectivity index (χ2n) is 5.18. The number of rotatable bonds is 2. The highest BCUT2D eigenvalue weighted by Gasteiger charge is 2.42. The summed E-state index contributed by atoms with van der Waals surface area (Å²) in [4.78, 5) is 24.0. The Labute approximate surface area is 131 Å². The number of phenols is 2. The molecule has 0 spiro atoms. The summed E-state index contributed by atoms with van der Waals surface area (Å²) in [6.07, 6.45) is -2.07. The van der Waals surface area contributed by atoms with E-state index in [0.717, 1.165) is 6.07 Å². The van der Waals surface area contributed by atoms with Gasteiger partial charge in [-0.25, -0.2) is 0 Å². The number of hydrogen-bond donors (Lipinski definition) is 2. The third-order valence-electron chi connectivity index (χ3n) is 3.52. The number of benzene rings is 2. The molecule has 0 saturated carbocycles. The van der Waals surface area contributed by atoms with Crippen LogP contribution in [0.5, 0.6) is 17.2 Å². The van der Waals surface area contributed by atoms with Crippen LogP contribution < -0.4 is 4.74 Å². The molecular formula is C17H14O6. The van der Waals surface area contributed by atoms with E-state index in [1.54, 1.807) is 30.3 Å². The van der Waals surface area contributed by atoms with Crippen LogP contribution in [0.2, 0.25) is 0 Å². The molecule has 0 radical (unpaired) electrons. The molecule has 0 saturated heterocycles. The molecule has 2 aromatic rings. The Morgan fingerprint density at radius 3 is 2.52 bits per heavy atom. The number of phenolic OH excluding ortho intramolecular Hbond substituents is 2. The monoisotopic (exact) mass is 314 g/mol. The van der Waals surface area contributed by atoms with Gasteiger partial charge >= 0.3 is 5.97 Å². The Kier molecular flexibility index (Phi) is 3.65. The molecule has 0 aromatic heterocycles. The van der Waals surface area contributed by atoms with E-state index >= 15 is 0 Å². The highest BCUT2D eigenvalue weighted by atomic mass is 16.6. The van der Waals surface area contributed by atoms with Gasteiger partial charge in [0.05, 0.1) is 0 Å². The lowest BCUT2D eigenvalue weighted by molar-refractivity contribution is -0.148. The summed E-state index contributed by atoms with van der Waals surface area (Å²) in [5.41, 5.74) is 0.529. The third-order valence-corrected chi connectivity index (χ3v) is 3.52. The molecule has 23 heavy (non-hydrogen) atoms. The first-order valence-electron chi connectivity index (χ1n) is 6.96. The fraction of sp³-hybridized carbons (Fsp3) is 0.176. The molecule has 0 fully saturated rings. The second kappa shape index (κ2) is 5.64. The first kappa shape index (κ1) is 14.9. The average molecular weight is 314 g/mol. The lowest BCUT2D eigenvalue weighted by atomic mass is 9.92. The number of ketones is 1. The van der Waals surface area contributed by atoms with Gasteiger partial charge in [-0.15, -0.1) is 0 Å². The van der Waals surface area contributed by atoms with Crippen LogP contribution in [-0.4, -0.2) is 28.1 Å². The fourth-order valence-electron chi connectivity index (χ4n) is 2.59. The summed E-state index contributed by atoms with van der Waals surface area (Å²) in [5, 5.41) is 19.5. The van der Waals surface area contributed by atoms with Gasteiger partial charge in [0.1, 0.15) is 22.8 Å². The molecule has 1 aliphatic heterocycles. The Bertz CT molecular complexity index is 768. The molecule has 6 heteroatoms. The van der Waals surface area contributed by atoms with Gasteiger partial charge in [0, 0.05) is 19.1 Å². The lowest BCUT2D eigenvalue weighted by Gasteiger charge is -2.32. The van der Waals surface area contributed by atoms with Crippen molar-refractivity contribution >= 4 is 11.8 Å². The number of ether oxygens (including phenoxy) is 2. The van der Waals surface area contributed by atoms with Gasteiger partial charge in [-0.3, -0.25) is 9.59 Å². The van der Waals surface area contributed by atoms with E-state index in [0.29, 0.717) is 5.56 Å². The number of hydrogen-bond acceptors (Lipinski definition) is 6. The molecule has 0 amide bonds. The van der Waals surface area contributed by atoms with Crippen LogP contribution in [0.4, 0.5) is 0 Å². The number of aromatic hydroxyl groups is 2. The van der Waals surface area contributed by atoms with Crippen molar-refractivity contribution in [2.75, 3.05) is 0 Å². The molecule has 1 aliphatic rings. The molecule has 0 unspecified atom stereocenters. The van der Waals surface area contributed by atoms with Crippen molar-refractivity contribution in [2.24, 2.45) is 0 Å². The highest BCUT2D eigenvalue weighted by Crippen LogP contribution is 2.42. The molecule has 0 bridgehead atoms. The highest BCUT2D eigenvalue weighted by molar-refractivity contribution is 6.06. The number of carbonyl (C=O) groups is 2. The predicted molar refractivity (Wildman–Crippen MR) is 79.5 cm³/mol. The van der Waals surface area contributed by atoms with Crippen molar-refractivity contribution in [2.45, 2.75) is 19.1 Å². The molecule has 3 rings (SSSR count). The van der Waals surface area contributed by atoms with Crippen molar-refractivity contribution in [1.82, 2.24) is 0 Å². The second-order valence-corrected chi connectivity index (χ2v) is 5.18. The van der Waals surface area contributed by atoms with Crippen molar-refractivity contribution < 1.29 is 29.3 Å². The lowest BCUT2D eigenvalue weighted by Crippen LogP contribution is -2.39. The predicted octanol–water partition coefficient (Wildman–Crippen LogP) is 2.35. The summed E-state index contributed by atoms with van der Waals surface area (Å²) in [6.45, 7) is 1.20. The molecule has 2 atom stereocenters. The Hall–Kier alpha value is -3.02. The van der Waals surface area contributed by atoms with Gasteiger partial charge in [0.15, 0.2) is 6.10 Å². The molecular weight excluding hydrogens is 300 g/mol. The minimum Gasteiger partial charge on any atom is -0.508 e. The van der Waals surface area contributed by atoms with Crippen LogP contribution in [0.1, 0.15) is 28.9 Å².